The first-order valence-corrected chi connectivity index (χ1v) is 11.4. The van der Waals surface area contributed by atoms with Crippen LogP contribution < -0.4 is 9.18 Å². The summed E-state index contributed by atoms with van der Waals surface area (Å²) in [7, 11) is -3.50. The summed E-state index contributed by atoms with van der Waals surface area (Å²) in [5, 5.41) is 0. The second-order valence-corrected chi connectivity index (χ2v) is 11.1. The molecule has 0 unspecified atom stereocenters. The van der Waals surface area contributed by atoms with E-state index < -0.39 is 10.0 Å². The minimum absolute atomic E-state index is 0.0866. The third kappa shape index (κ3) is 5.18. The van der Waals surface area contributed by atoms with Gasteiger partial charge in [0.2, 0.25) is 0 Å². The van der Waals surface area contributed by atoms with Crippen LogP contribution in [0.5, 0.6) is 0 Å². The first-order valence-electron chi connectivity index (χ1n) is 8.10. The SMILES string of the molecule is Cc1ccc(S(=O)(=O)N[C@H](C(C)C)[C@@H](C)[Se]c2ccccc2)cc1. The summed E-state index contributed by atoms with van der Waals surface area (Å²) in [5.41, 5.74) is 1.05. The monoisotopic (exact) mass is 411 g/mol. The van der Waals surface area contributed by atoms with Crippen molar-refractivity contribution in [2.45, 2.75) is 43.4 Å². The molecule has 0 amide bonds. The van der Waals surface area contributed by atoms with Crippen LogP contribution in [0.25, 0.3) is 0 Å². The van der Waals surface area contributed by atoms with Crippen molar-refractivity contribution in [1.82, 2.24) is 4.72 Å². The Balaban J connectivity index is 2.16. The molecule has 0 aromatic heterocycles. The molecule has 1 N–H and O–H groups in total. The quantitative estimate of drug-likeness (QED) is 0.713. The van der Waals surface area contributed by atoms with E-state index in [0.717, 1.165) is 5.56 Å². The Morgan fingerprint density at radius 2 is 1.50 bits per heavy atom. The van der Waals surface area contributed by atoms with E-state index in [1.54, 1.807) is 12.1 Å². The fourth-order valence-electron chi connectivity index (χ4n) is 2.53. The zero-order chi connectivity index (χ0) is 17.7. The molecular formula is C19H25NO2SSe. The zero-order valence-electron chi connectivity index (χ0n) is 14.6. The normalized spacial score (nSPS) is 14.5. The molecule has 0 aliphatic heterocycles. The zero-order valence-corrected chi connectivity index (χ0v) is 17.1. The van der Waals surface area contributed by atoms with Crippen LogP contribution in [0.15, 0.2) is 59.5 Å². The van der Waals surface area contributed by atoms with Crippen LogP contribution in [0.1, 0.15) is 26.3 Å². The molecule has 0 radical (unpaired) electrons. The number of rotatable bonds is 7. The van der Waals surface area contributed by atoms with Crippen molar-refractivity contribution in [2.24, 2.45) is 5.92 Å². The Kier molecular flexibility index (Phi) is 6.64. The Bertz CT molecular complexity index is 743. The standard InChI is InChI=1S/C19H25NO2SSe/c1-14(2)19(16(4)24-18-8-6-5-7-9-18)20-23(21,22)17-12-10-15(3)11-13-17/h5-14,16,19-20H,1-4H3/t16-,19-/m1/s1. The first kappa shape index (κ1) is 19.2. The summed E-state index contributed by atoms with van der Waals surface area (Å²) in [6.45, 7) is 8.22. The Labute approximate surface area is 152 Å². The average molecular weight is 410 g/mol. The second kappa shape index (κ2) is 8.30. The summed E-state index contributed by atoms with van der Waals surface area (Å²) < 4.78 is 29.6. The van der Waals surface area contributed by atoms with Gasteiger partial charge in [0.1, 0.15) is 0 Å². The Morgan fingerprint density at radius 1 is 0.917 bits per heavy atom. The van der Waals surface area contributed by atoms with Crippen LogP contribution in [0, 0.1) is 12.8 Å². The fraction of sp³-hybridized carbons (Fsp3) is 0.368. The van der Waals surface area contributed by atoms with Gasteiger partial charge in [0.05, 0.1) is 0 Å². The molecule has 3 nitrogen and oxygen atoms in total. The maximum absolute atomic E-state index is 12.7. The maximum atomic E-state index is 12.7. The number of benzene rings is 2. The molecule has 130 valence electrons. The van der Waals surface area contributed by atoms with Crippen LogP contribution in [0.2, 0.25) is 4.82 Å². The number of sulfonamides is 1. The van der Waals surface area contributed by atoms with Crippen molar-refractivity contribution >= 4 is 29.4 Å². The molecule has 2 atom stereocenters. The van der Waals surface area contributed by atoms with Gasteiger partial charge in [-0.1, -0.05) is 0 Å². The van der Waals surface area contributed by atoms with Crippen molar-refractivity contribution in [3.8, 4) is 0 Å². The van der Waals surface area contributed by atoms with Crippen molar-refractivity contribution in [3.63, 3.8) is 0 Å². The summed E-state index contributed by atoms with van der Waals surface area (Å²) in [6.07, 6.45) is 0. The molecule has 0 saturated carbocycles. The average Bonchev–Trinajstić information content (AvgIpc) is 2.53. The van der Waals surface area contributed by atoms with Gasteiger partial charge in [-0.05, 0) is 0 Å². The van der Waals surface area contributed by atoms with E-state index in [1.807, 2.05) is 37.3 Å². The van der Waals surface area contributed by atoms with E-state index in [4.69, 9.17) is 0 Å². The molecule has 0 aliphatic carbocycles. The molecule has 2 rings (SSSR count). The second-order valence-electron chi connectivity index (χ2n) is 6.34. The summed E-state index contributed by atoms with van der Waals surface area (Å²) in [4.78, 5) is 0.596. The van der Waals surface area contributed by atoms with Crippen LogP contribution >= 0.6 is 0 Å². The van der Waals surface area contributed by atoms with Crippen molar-refractivity contribution < 1.29 is 8.42 Å². The van der Waals surface area contributed by atoms with Crippen LogP contribution in [0.3, 0.4) is 0 Å². The molecule has 0 saturated heterocycles. The molecule has 24 heavy (non-hydrogen) atoms. The van der Waals surface area contributed by atoms with E-state index in [-0.39, 0.29) is 31.7 Å². The van der Waals surface area contributed by atoms with Gasteiger partial charge in [-0.15, -0.1) is 0 Å². The van der Waals surface area contributed by atoms with E-state index in [1.165, 1.54) is 4.46 Å². The molecular weight excluding hydrogens is 385 g/mol. The predicted octanol–water partition coefficient (Wildman–Crippen LogP) is 3.14. The Hall–Kier alpha value is -1.13. The molecule has 0 aliphatic rings. The van der Waals surface area contributed by atoms with Crippen LogP contribution in [0.4, 0.5) is 0 Å². The van der Waals surface area contributed by atoms with E-state index in [0.29, 0.717) is 4.90 Å². The predicted molar refractivity (Wildman–Crippen MR) is 101 cm³/mol. The van der Waals surface area contributed by atoms with Crippen LogP contribution in [-0.4, -0.2) is 29.4 Å². The molecule has 2 aromatic rings. The van der Waals surface area contributed by atoms with Crippen molar-refractivity contribution in [2.75, 3.05) is 0 Å². The van der Waals surface area contributed by atoms with Gasteiger partial charge in [-0.3, -0.25) is 0 Å². The molecule has 0 bridgehead atoms. The third-order valence-corrected chi connectivity index (χ3v) is 7.92. The number of hydrogen-bond donors (Lipinski definition) is 1. The van der Waals surface area contributed by atoms with Gasteiger partial charge in [0.15, 0.2) is 0 Å². The van der Waals surface area contributed by atoms with Crippen molar-refractivity contribution in [3.05, 3.63) is 60.2 Å². The Morgan fingerprint density at radius 3 is 2.04 bits per heavy atom. The van der Waals surface area contributed by atoms with E-state index >= 15 is 0 Å². The number of nitrogens with one attached hydrogen (secondary N) is 1. The summed E-state index contributed by atoms with van der Waals surface area (Å²) >= 11 is 0.214. The molecule has 5 heteroatoms. The van der Waals surface area contributed by atoms with Gasteiger partial charge in [0.25, 0.3) is 0 Å². The summed E-state index contributed by atoms with van der Waals surface area (Å²) in [6, 6.07) is 17.2. The molecule has 2 aromatic carbocycles. The van der Waals surface area contributed by atoms with Crippen LogP contribution in [-0.2, 0) is 10.0 Å². The molecule has 0 heterocycles. The molecule has 0 fully saturated rings. The fourth-order valence-corrected chi connectivity index (χ4v) is 6.85. The third-order valence-electron chi connectivity index (χ3n) is 3.91. The van der Waals surface area contributed by atoms with Gasteiger partial charge in [-0.2, -0.15) is 0 Å². The molecule has 0 spiro atoms. The van der Waals surface area contributed by atoms with Gasteiger partial charge < -0.3 is 0 Å². The topological polar surface area (TPSA) is 46.2 Å². The van der Waals surface area contributed by atoms with E-state index in [9.17, 15) is 8.42 Å². The van der Waals surface area contributed by atoms with Gasteiger partial charge in [-0.25, -0.2) is 0 Å². The van der Waals surface area contributed by atoms with Crippen molar-refractivity contribution in [1.29, 1.82) is 0 Å². The first-order chi connectivity index (χ1) is 11.3. The van der Waals surface area contributed by atoms with Gasteiger partial charge >= 0.3 is 152 Å². The number of hydrogen-bond acceptors (Lipinski definition) is 2. The summed E-state index contributed by atoms with van der Waals surface area (Å²) in [5.74, 6) is 0.228. The minimum atomic E-state index is -3.50. The van der Waals surface area contributed by atoms with Gasteiger partial charge in [0, 0.05) is 0 Å². The number of aryl methyl sites for hydroxylation is 1. The van der Waals surface area contributed by atoms with E-state index in [2.05, 4.69) is 37.6 Å².